The minimum absolute atomic E-state index is 0.100. The summed E-state index contributed by atoms with van der Waals surface area (Å²) in [6.45, 7) is 10.1. The molecule has 0 aliphatic carbocycles. The van der Waals surface area contributed by atoms with Crippen LogP contribution in [-0.2, 0) is 4.79 Å². The molecule has 2 saturated heterocycles. The van der Waals surface area contributed by atoms with Crippen molar-refractivity contribution in [1.82, 2.24) is 14.7 Å². The first kappa shape index (κ1) is 16.1. The van der Waals surface area contributed by atoms with Crippen molar-refractivity contribution in [2.24, 2.45) is 5.92 Å². The molecule has 2 rings (SSSR count). The van der Waals surface area contributed by atoms with Gasteiger partial charge in [0.15, 0.2) is 0 Å². The molecule has 6 heteroatoms. The monoisotopic (exact) mass is 297 g/mol. The van der Waals surface area contributed by atoms with E-state index in [0.717, 1.165) is 19.5 Å². The van der Waals surface area contributed by atoms with Gasteiger partial charge in [0.2, 0.25) is 0 Å². The van der Waals surface area contributed by atoms with Crippen LogP contribution in [0.2, 0.25) is 0 Å². The van der Waals surface area contributed by atoms with Crippen LogP contribution in [0.1, 0.15) is 33.6 Å². The highest BCUT2D eigenvalue weighted by Crippen LogP contribution is 2.24. The van der Waals surface area contributed by atoms with E-state index in [2.05, 4.69) is 25.7 Å². The van der Waals surface area contributed by atoms with Gasteiger partial charge in [-0.2, -0.15) is 0 Å². The number of nitrogens with zero attached hydrogens (tertiary/aromatic N) is 3. The summed E-state index contributed by atoms with van der Waals surface area (Å²) < 4.78 is 0. The summed E-state index contributed by atoms with van der Waals surface area (Å²) in [5.41, 5.74) is 0. The molecule has 0 radical (unpaired) electrons. The van der Waals surface area contributed by atoms with Crippen molar-refractivity contribution in [3.8, 4) is 0 Å². The van der Waals surface area contributed by atoms with Gasteiger partial charge in [-0.05, 0) is 32.2 Å². The molecule has 2 heterocycles. The molecule has 2 aliphatic heterocycles. The Morgan fingerprint density at radius 1 is 1.19 bits per heavy atom. The average Bonchev–Trinajstić information content (AvgIpc) is 2.46. The fourth-order valence-corrected chi connectivity index (χ4v) is 3.43. The molecule has 2 aliphatic rings. The highest BCUT2D eigenvalue weighted by atomic mass is 16.4. The Labute approximate surface area is 126 Å². The minimum atomic E-state index is -0.879. The molecule has 0 aromatic heterocycles. The zero-order chi connectivity index (χ0) is 15.6. The molecular weight excluding hydrogens is 270 g/mol. The SMILES string of the molecule is CCN1CCN(C(=O)N2CCC(C)CC2C(=O)O)CC1C. The van der Waals surface area contributed by atoms with Gasteiger partial charge in [-0.1, -0.05) is 13.8 Å². The van der Waals surface area contributed by atoms with Crippen molar-refractivity contribution >= 4 is 12.0 Å². The van der Waals surface area contributed by atoms with Gasteiger partial charge in [0.05, 0.1) is 0 Å². The van der Waals surface area contributed by atoms with Gasteiger partial charge < -0.3 is 14.9 Å². The highest BCUT2D eigenvalue weighted by molar-refractivity contribution is 5.83. The van der Waals surface area contributed by atoms with Gasteiger partial charge in [0, 0.05) is 32.2 Å². The third-order valence-corrected chi connectivity index (χ3v) is 4.84. The number of piperazine rings is 1. The van der Waals surface area contributed by atoms with Crippen LogP contribution < -0.4 is 0 Å². The first-order valence-electron chi connectivity index (χ1n) is 7.96. The molecule has 0 spiro atoms. The van der Waals surface area contributed by atoms with E-state index in [0.29, 0.717) is 38.0 Å². The summed E-state index contributed by atoms with van der Waals surface area (Å²) in [5.74, 6) is -0.513. The second kappa shape index (κ2) is 6.64. The van der Waals surface area contributed by atoms with E-state index in [4.69, 9.17) is 0 Å². The summed E-state index contributed by atoms with van der Waals surface area (Å²) in [7, 11) is 0. The van der Waals surface area contributed by atoms with E-state index >= 15 is 0 Å². The van der Waals surface area contributed by atoms with Gasteiger partial charge in [-0.25, -0.2) is 9.59 Å². The van der Waals surface area contributed by atoms with Crippen molar-refractivity contribution in [2.45, 2.75) is 45.7 Å². The molecule has 3 unspecified atom stereocenters. The lowest BCUT2D eigenvalue weighted by Crippen LogP contribution is -2.60. The van der Waals surface area contributed by atoms with Crippen LogP contribution in [0.25, 0.3) is 0 Å². The van der Waals surface area contributed by atoms with E-state index < -0.39 is 12.0 Å². The minimum Gasteiger partial charge on any atom is -0.480 e. The van der Waals surface area contributed by atoms with Crippen molar-refractivity contribution in [3.63, 3.8) is 0 Å². The van der Waals surface area contributed by atoms with Gasteiger partial charge in [-0.15, -0.1) is 0 Å². The van der Waals surface area contributed by atoms with Gasteiger partial charge >= 0.3 is 12.0 Å². The van der Waals surface area contributed by atoms with E-state index in [9.17, 15) is 14.7 Å². The number of rotatable bonds is 2. The number of piperidine rings is 1. The number of amides is 2. The number of aliphatic carboxylic acids is 1. The standard InChI is InChI=1S/C15H27N3O3/c1-4-16-7-8-17(10-12(16)3)15(21)18-6-5-11(2)9-13(18)14(19)20/h11-13H,4-10H2,1-3H3,(H,19,20). The normalized spacial score (nSPS) is 31.3. The Morgan fingerprint density at radius 3 is 2.48 bits per heavy atom. The topological polar surface area (TPSA) is 64.1 Å². The third kappa shape index (κ3) is 3.48. The summed E-state index contributed by atoms with van der Waals surface area (Å²) in [4.78, 5) is 29.9. The van der Waals surface area contributed by atoms with Crippen molar-refractivity contribution < 1.29 is 14.7 Å². The van der Waals surface area contributed by atoms with Gasteiger partial charge in [-0.3, -0.25) is 4.90 Å². The maximum absolute atomic E-state index is 12.7. The lowest BCUT2D eigenvalue weighted by atomic mass is 9.92. The molecule has 3 atom stereocenters. The largest absolute Gasteiger partial charge is 0.480 e. The quantitative estimate of drug-likeness (QED) is 0.835. The number of hydrogen-bond acceptors (Lipinski definition) is 3. The van der Waals surface area contributed by atoms with Gasteiger partial charge in [0.25, 0.3) is 0 Å². The molecule has 21 heavy (non-hydrogen) atoms. The van der Waals surface area contributed by atoms with Crippen molar-refractivity contribution in [2.75, 3.05) is 32.7 Å². The number of carbonyl (C=O) groups excluding carboxylic acids is 1. The first-order valence-corrected chi connectivity index (χ1v) is 7.96. The Balaban J connectivity index is 2.03. The fourth-order valence-electron chi connectivity index (χ4n) is 3.43. The Kier molecular flexibility index (Phi) is 5.08. The molecule has 1 N–H and O–H groups in total. The number of urea groups is 1. The molecule has 0 aromatic carbocycles. The summed E-state index contributed by atoms with van der Waals surface area (Å²) >= 11 is 0. The molecule has 6 nitrogen and oxygen atoms in total. The van der Waals surface area contributed by atoms with Crippen LogP contribution >= 0.6 is 0 Å². The van der Waals surface area contributed by atoms with Gasteiger partial charge in [0.1, 0.15) is 6.04 Å². The van der Waals surface area contributed by atoms with E-state index in [1.807, 2.05) is 4.90 Å². The van der Waals surface area contributed by atoms with E-state index in [-0.39, 0.29) is 6.03 Å². The van der Waals surface area contributed by atoms with Crippen molar-refractivity contribution in [3.05, 3.63) is 0 Å². The van der Waals surface area contributed by atoms with Crippen LogP contribution in [0.5, 0.6) is 0 Å². The van der Waals surface area contributed by atoms with Crippen LogP contribution in [0.4, 0.5) is 4.79 Å². The summed E-state index contributed by atoms with van der Waals surface area (Å²) in [6.07, 6.45) is 1.45. The first-order chi connectivity index (χ1) is 9.93. The Bertz CT molecular complexity index is 402. The number of likely N-dealkylation sites (N-methyl/N-ethyl adjacent to an activating group) is 1. The summed E-state index contributed by atoms with van der Waals surface area (Å²) in [5, 5.41) is 9.39. The Hall–Kier alpha value is -1.30. The molecule has 0 saturated carbocycles. The average molecular weight is 297 g/mol. The molecule has 2 amide bonds. The zero-order valence-electron chi connectivity index (χ0n) is 13.3. The molecule has 0 aromatic rings. The second-order valence-corrected chi connectivity index (χ2v) is 6.38. The summed E-state index contributed by atoms with van der Waals surface area (Å²) in [6, 6.07) is -0.433. The van der Waals surface area contributed by atoms with E-state index in [1.54, 1.807) is 4.90 Å². The molecule has 0 bridgehead atoms. The second-order valence-electron chi connectivity index (χ2n) is 6.38. The molecule has 2 fully saturated rings. The zero-order valence-corrected chi connectivity index (χ0v) is 13.3. The number of carboxylic acid groups (broad SMARTS) is 1. The van der Waals surface area contributed by atoms with Crippen LogP contribution in [0.15, 0.2) is 0 Å². The maximum atomic E-state index is 12.7. The highest BCUT2D eigenvalue weighted by Gasteiger charge is 2.38. The fraction of sp³-hybridized carbons (Fsp3) is 0.867. The third-order valence-electron chi connectivity index (χ3n) is 4.84. The van der Waals surface area contributed by atoms with Crippen LogP contribution in [0.3, 0.4) is 0 Å². The number of carboxylic acids is 1. The lowest BCUT2D eigenvalue weighted by molar-refractivity contribution is -0.144. The number of hydrogen-bond donors (Lipinski definition) is 1. The van der Waals surface area contributed by atoms with Crippen molar-refractivity contribution in [1.29, 1.82) is 0 Å². The predicted molar refractivity (Wildman–Crippen MR) is 80.2 cm³/mol. The van der Waals surface area contributed by atoms with Crippen LogP contribution in [-0.4, -0.2) is 76.6 Å². The Morgan fingerprint density at radius 2 is 1.90 bits per heavy atom. The lowest BCUT2D eigenvalue weighted by Gasteiger charge is -2.44. The van der Waals surface area contributed by atoms with E-state index in [1.165, 1.54) is 0 Å². The molecule has 120 valence electrons. The number of carbonyl (C=O) groups is 2. The maximum Gasteiger partial charge on any atom is 0.326 e. The smallest absolute Gasteiger partial charge is 0.326 e. The predicted octanol–water partition coefficient (Wildman–Crippen LogP) is 1.32. The number of likely N-dealkylation sites (tertiary alicyclic amines) is 1. The van der Waals surface area contributed by atoms with Crippen LogP contribution in [0, 0.1) is 5.92 Å². The molecular formula is C15H27N3O3.